The lowest BCUT2D eigenvalue weighted by atomic mass is 10.0. The number of nitrogens with zero attached hydrogens (tertiary/aromatic N) is 1. The highest BCUT2D eigenvalue weighted by molar-refractivity contribution is 9.10. The molecule has 3 aromatic rings. The number of carbonyl (C=O) groups excluding carboxylic acids is 2. The van der Waals surface area contributed by atoms with Crippen LogP contribution in [0.2, 0.25) is 5.02 Å². The zero-order valence-corrected chi connectivity index (χ0v) is 24.3. The topological polar surface area (TPSA) is 58.6 Å². The molecule has 1 unspecified atom stereocenters. The van der Waals surface area contributed by atoms with E-state index in [4.69, 9.17) is 16.3 Å². The molecule has 1 fully saturated rings. The number of hydrogen-bond acceptors (Lipinski definition) is 3. The van der Waals surface area contributed by atoms with E-state index in [2.05, 4.69) is 37.2 Å². The van der Waals surface area contributed by atoms with Crippen LogP contribution in [0.4, 0.5) is 0 Å². The van der Waals surface area contributed by atoms with Gasteiger partial charge in [0.25, 0.3) is 5.91 Å². The summed E-state index contributed by atoms with van der Waals surface area (Å²) in [6.07, 6.45) is 4.57. The molecule has 1 N–H and O–H groups in total. The van der Waals surface area contributed by atoms with Crippen LogP contribution in [-0.4, -0.2) is 35.4 Å². The van der Waals surface area contributed by atoms with Gasteiger partial charge in [0.1, 0.15) is 11.8 Å². The van der Waals surface area contributed by atoms with Crippen molar-refractivity contribution in [2.75, 3.05) is 6.61 Å². The Morgan fingerprint density at radius 3 is 2.41 bits per heavy atom. The average Bonchev–Trinajstić information content (AvgIpc) is 3.39. The average molecular weight is 649 g/mol. The van der Waals surface area contributed by atoms with Crippen molar-refractivity contribution in [3.8, 4) is 5.75 Å². The van der Waals surface area contributed by atoms with E-state index in [-0.39, 0.29) is 31.0 Å². The Kier molecular flexibility index (Phi) is 10.1. The molecule has 1 atom stereocenters. The van der Waals surface area contributed by atoms with Crippen molar-refractivity contribution in [3.05, 3.63) is 97.9 Å². The third-order valence-corrected chi connectivity index (χ3v) is 7.81. The first kappa shape index (κ1) is 27.7. The zero-order valence-electron chi connectivity index (χ0n) is 20.3. The number of ether oxygens (including phenoxy) is 1. The van der Waals surface area contributed by atoms with Gasteiger partial charge in [-0.3, -0.25) is 9.59 Å². The fourth-order valence-corrected chi connectivity index (χ4v) is 5.81. The number of hydrogen-bond donors (Lipinski definition) is 1. The third-order valence-electron chi connectivity index (χ3n) is 6.46. The molecule has 4 rings (SSSR count). The Bertz CT molecular complexity index is 1220. The maximum atomic E-state index is 13.7. The second-order valence-electron chi connectivity index (χ2n) is 9.21. The summed E-state index contributed by atoms with van der Waals surface area (Å²) in [7, 11) is 0. The highest BCUT2D eigenvalue weighted by Gasteiger charge is 2.32. The van der Waals surface area contributed by atoms with Crippen molar-refractivity contribution in [1.29, 1.82) is 0 Å². The lowest BCUT2D eigenvalue weighted by molar-refractivity contribution is -0.143. The summed E-state index contributed by atoms with van der Waals surface area (Å²) in [5.41, 5.74) is 1.91. The van der Waals surface area contributed by atoms with Gasteiger partial charge in [0.15, 0.2) is 6.61 Å². The summed E-state index contributed by atoms with van der Waals surface area (Å²) in [6.45, 7) is 0.0647. The van der Waals surface area contributed by atoms with Crippen molar-refractivity contribution in [2.24, 2.45) is 0 Å². The van der Waals surface area contributed by atoms with E-state index < -0.39 is 6.04 Å². The van der Waals surface area contributed by atoms with Gasteiger partial charge >= 0.3 is 0 Å². The fraction of sp³-hybridized carbons (Fsp3) is 0.310. The van der Waals surface area contributed by atoms with Gasteiger partial charge in [-0.25, -0.2) is 0 Å². The number of rotatable bonds is 10. The molecule has 0 saturated heterocycles. The highest BCUT2D eigenvalue weighted by Crippen LogP contribution is 2.28. The minimum Gasteiger partial charge on any atom is -0.483 e. The van der Waals surface area contributed by atoms with E-state index in [0.717, 1.165) is 41.3 Å². The lowest BCUT2D eigenvalue weighted by Crippen LogP contribution is -2.53. The highest BCUT2D eigenvalue weighted by atomic mass is 79.9. The van der Waals surface area contributed by atoms with E-state index in [0.29, 0.717) is 21.7 Å². The van der Waals surface area contributed by atoms with Gasteiger partial charge in [-0.2, -0.15) is 0 Å². The van der Waals surface area contributed by atoms with Crippen molar-refractivity contribution in [3.63, 3.8) is 0 Å². The van der Waals surface area contributed by atoms with E-state index in [1.807, 2.05) is 54.6 Å². The molecule has 0 bridgehead atoms. The second-order valence-corrected chi connectivity index (χ2v) is 11.4. The first-order valence-corrected chi connectivity index (χ1v) is 14.3. The molecule has 0 aliphatic heterocycles. The standard InChI is InChI=1S/C29H29Br2ClN2O3/c30-22-10-6-9-21(15-22)18-34(28(35)19-37-27-14-13-23(32)17-25(27)31)26(16-20-7-2-1-3-8-20)29(36)33-24-11-4-5-12-24/h1-3,6-10,13-15,17,24,26H,4-5,11-12,16,18-19H2,(H,33,36). The first-order chi connectivity index (χ1) is 17.9. The normalized spacial score (nSPS) is 14.2. The predicted octanol–water partition coefficient (Wildman–Crippen LogP) is 6.94. The summed E-state index contributed by atoms with van der Waals surface area (Å²) in [6, 6.07) is 22.2. The van der Waals surface area contributed by atoms with Crippen LogP contribution >= 0.6 is 43.5 Å². The SMILES string of the molecule is O=C(NC1CCCC1)C(Cc1ccccc1)N(Cc1cccc(Br)c1)C(=O)COc1ccc(Cl)cc1Br. The molecule has 1 saturated carbocycles. The van der Waals surface area contributed by atoms with E-state index in [1.54, 1.807) is 23.1 Å². The Balaban J connectivity index is 1.62. The summed E-state index contributed by atoms with van der Waals surface area (Å²) < 4.78 is 7.44. The minimum atomic E-state index is -0.688. The minimum absolute atomic E-state index is 0.133. The molecule has 3 aromatic carbocycles. The quantitative estimate of drug-likeness (QED) is 0.259. The number of benzene rings is 3. The molecule has 37 heavy (non-hydrogen) atoms. The Hall–Kier alpha value is -2.35. The van der Waals surface area contributed by atoms with Crippen LogP contribution in [0, 0.1) is 0 Å². The van der Waals surface area contributed by atoms with Crippen LogP contribution in [0.5, 0.6) is 5.75 Å². The summed E-state index contributed by atoms with van der Waals surface area (Å²) in [5.74, 6) is 0.103. The molecule has 194 valence electrons. The van der Waals surface area contributed by atoms with Crippen molar-refractivity contribution in [1.82, 2.24) is 10.2 Å². The van der Waals surface area contributed by atoms with E-state index in [1.165, 1.54) is 0 Å². The molecular weight excluding hydrogens is 620 g/mol. The molecule has 0 aromatic heterocycles. The maximum Gasteiger partial charge on any atom is 0.261 e. The third kappa shape index (κ3) is 8.06. The van der Waals surface area contributed by atoms with Gasteiger partial charge in [-0.15, -0.1) is 0 Å². The Morgan fingerprint density at radius 1 is 0.973 bits per heavy atom. The smallest absolute Gasteiger partial charge is 0.261 e. The van der Waals surface area contributed by atoms with Gasteiger partial charge in [-0.1, -0.05) is 82.8 Å². The number of carbonyl (C=O) groups is 2. The van der Waals surface area contributed by atoms with Crippen LogP contribution in [0.15, 0.2) is 81.7 Å². The van der Waals surface area contributed by atoms with Crippen LogP contribution in [-0.2, 0) is 22.6 Å². The molecule has 1 aliphatic rings. The maximum absolute atomic E-state index is 13.7. The van der Waals surface area contributed by atoms with Gasteiger partial charge in [0, 0.05) is 28.5 Å². The van der Waals surface area contributed by atoms with Gasteiger partial charge in [-0.05, 0) is 70.2 Å². The fourth-order valence-electron chi connectivity index (χ4n) is 4.57. The van der Waals surface area contributed by atoms with Crippen LogP contribution in [0.25, 0.3) is 0 Å². The van der Waals surface area contributed by atoms with E-state index >= 15 is 0 Å². The monoisotopic (exact) mass is 646 g/mol. The van der Waals surface area contributed by atoms with Crippen LogP contribution in [0.1, 0.15) is 36.8 Å². The molecule has 8 heteroatoms. The summed E-state index contributed by atoms with van der Waals surface area (Å²) in [5, 5.41) is 3.78. The molecule has 5 nitrogen and oxygen atoms in total. The number of nitrogens with one attached hydrogen (secondary N) is 1. The van der Waals surface area contributed by atoms with Crippen LogP contribution in [0.3, 0.4) is 0 Å². The molecular formula is C29H29Br2ClN2O3. The number of amides is 2. The van der Waals surface area contributed by atoms with E-state index in [9.17, 15) is 9.59 Å². The second kappa shape index (κ2) is 13.4. The molecule has 2 amide bonds. The molecule has 0 spiro atoms. The Morgan fingerprint density at radius 2 is 1.70 bits per heavy atom. The van der Waals surface area contributed by atoms with Gasteiger partial charge < -0.3 is 15.0 Å². The lowest BCUT2D eigenvalue weighted by Gasteiger charge is -2.32. The summed E-state index contributed by atoms with van der Waals surface area (Å²) >= 11 is 13.0. The largest absolute Gasteiger partial charge is 0.483 e. The van der Waals surface area contributed by atoms with Crippen LogP contribution < -0.4 is 10.1 Å². The van der Waals surface area contributed by atoms with Gasteiger partial charge in [0.05, 0.1) is 4.47 Å². The van der Waals surface area contributed by atoms with Gasteiger partial charge in [0.2, 0.25) is 5.91 Å². The van der Waals surface area contributed by atoms with Crippen molar-refractivity contribution >= 4 is 55.3 Å². The Labute approximate surface area is 239 Å². The molecule has 0 heterocycles. The number of halogens is 3. The zero-order chi connectivity index (χ0) is 26.2. The molecule has 1 aliphatic carbocycles. The van der Waals surface area contributed by atoms with Crippen molar-refractivity contribution in [2.45, 2.75) is 50.7 Å². The van der Waals surface area contributed by atoms with Crippen molar-refractivity contribution < 1.29 is 14.3 Å². The molecule has 0 radical (unpaired) electrons. The predicted molar refractivity (Wildman–Crippen MR) is 154 cm³/mol. The first-order valence-electron chi connectivity index (χ1n) is 12.3. The summed E-state index contributed by atoms with van der Waals surface area (Å²) in [4.78, 5) is 29.1.